The van der Waals surface area contributed by atoms with Crippen LogP contribution < -0.4 is 15.4 Å². The monoisotopic (exact) mass is 318 g/mol. The third kappa shape index (κ3) is 4.94. The fraction of sp³-hybridized carbons (Fsp3) is 0.467. The highest BCUT2D eigenvalue weighted by Crippen LogP contribution is 2.10. The normalized spacial score (nSPS) is 12.0. The molecule has 1 atom stereocenters. The van der Waals surface area contributed by atoms with Gasteiger partial charge in [0.1, 0.15) is 6.33 Å². The third-order valence-electron chi connectivity index (χ3n) is 3.09. The van der Waals surface area contributed by atoms with E-state index in [0.717, 1.165) is 5.56 Å². The molecule has 0 radical (unpaired) electrons. The summed E-state index contributed by atoms with van der Waals surface area (Å²) in [4.78, 5) is 16.1. The molecule has 2 rings (SSSR count). The molecule has 0 aliphatic heterocycles. The Morgan fingerprint density at radius 2 is 2.13 bits per heavy atom. The largest absolute Gasteiger partial charge is 0.475 e. The quantitative estimate of drug-likeness (QED) is 0.843. The number of urea groups is 1. The molecule has 8 heteroatoms. The van der Waals surface area contributed by atoms with Crippen molar-refractivity contribution < 1.29 is 9.53 Å². The van der Waals surface area contributed by atoms with Crippen LogP contribution in [0.1, 0.15) is 38.2 Å². The van der Waals surface area contributed by atoms with Crippen LogP contribution in [-0.2, 0) is 13.6 Å². The van der Waals surface area contributed by atoms with Gasteiger partial charge in [-0.1, -0.05) is 6.07 Å². The molecule has 2 aromatic heterocycles. The Kier molecular flexibility index (Phi) is 5.51. The molecule has 0 fully saturated rings. The van der Waals surface area contributed by atoms with Crippen LogP contribution >= 0.6 is 0 Å². The molecular formula is C15H22N6O2. The number of nitrogens with zero attached hydrogens (tertiary/aromatic N) is 4. The smallest absolute Gasteiger partial charge is 0.315 e. The molecular weight excluding hydrogens is 296 g/mol. The van der Waals surface area contributed by atoms with Crippen molar-refractivity contribution in [3.05, 3.63) is 36.0 Å². The van der Waals surface area contributed by atoms with E-state index < -0.39 is 0 Å². The zero-order chi connectivity index (χ0) is 16.8. The number of amides is 2. The van der Waals surface area contributed by atoms with Crippen molar-refractivity contribution in [1.29, 1.82) is 0 Å². The maximum absolute atomic E-state index is 11.9. The van der Waals surface area contributed by atoms with E-state index in [1.165, 1.54) is 0 Å². The Morgan fingerprint density at radius 3 is 2.70 bits per heavy atom. The summed E-state index contributed by atoms with van der Waals surface area (Å²) in [6, 6.07) is 3.15. The zero-order valence-corrected chi connectivity index (χ0v) is 13.8. The lowest BCUT2D eigenvalue weighted by atomic mass is 10.3. The first-order chi connectivity index (χ1) is 11.0. The number of carbonyl (C=O) groups is 1. The number of aryl methyl sites for hydroxylation is 1. The molecule has 2 heterocycles. The number of ether oxygens (including phenoxy) is 1. The van der Waals surface area contributed by atoms with E-state index in [9.17, 15) is 4.79 Å². The summed E-state index contributed by atoms with van der Waals surface area (Å²) in [7, 11) is 1.83. The maximum atomic E-state index is 11.9. The molecule has 2 aromatic rings. The van der Waals surface area contributed by atoms with Gasteiger partial charge < -0.3 is 19.9 Å². The Bertz CT molecular complexity index is 638. The van der Waals surface area contributed by atoms with Gasteiger partial charge in [0.25, 0.3) is 0 Å². The van der Waals surface area contributed by atoms with Gasteiger partial charge in [0.2, 0.25) is 5.88 Å². The zero-order valence-electron chi connectivity index (χ0n) is 13.8. The number of hydrogen-bond donors (Lipinski definition) is 2. The minimum atomic E-state index is -0.275. The lowest BCUT2D eigenvalue weighted by molar-refractivity contribution is 0.232. The molecule has 0 aliphatic rings. The molecule has 0 bridgehead atoms. The van der Waals surface area contributed by atoms with Crippen molar-refractivity contribution in [2.75, 3.05) is 0 Å². The number of rotatable bonds is 6. The number of hydrogen-bond acceptors (Lipinski definition) is 5. The molecule has 8 nitrogen and oxygen atoms in total. The van der Waals surface area contributed by atoms with E-state index in [2.05, 4.69) is 25.8 Å². The van der Waals surface area contributed by atoms with Gasteiger partial charge in [-0.05, 0) is 26.3 Å². The van der Waals surface area contributed by atoms with Gasteiger partial charge in [0, 0.05) is 25.9 Å². The summed E-state index contributed by atoms with van der Waals surface area (Å²) in [6.45, 7) is 6.12. The lowest BCUT2D eigenvalue weighted by Crippen LogP contribution is -2.37. The van der Waals surface area contributed by atoms with Gasteiger partial charge in [0.05, 0.1) is 12.1 Å². The molecule has 0 aliphatic carbocycles. The highest BCUT2D eigenvalue weighted by Gasteiger charge is 2.13. The number of nitrogens with one attached hydrogen (secondary N) is 2. The van der Waals surface area contributed by atoms with Gasteiger partial charge in [-0.2, -0.15) is 0 Å². The summed E-state index contributed by atoms with van der Waals surface area (Å²) in [5, 5.41) is 13.4. The van der Waals surface area contributed by atoms with Gasteiger partial charge in [0.15, 0.2) is 5.82 Å². The lowest BCUT2D eigenvalue weighted by Gasteiger charge is -2.14. The number of carbonyl (C=O) groups excluding carboxylic acids is 1. The molecule has 0 spiro atoms. The Hall–Kier alpha value is -2.64. The number of pyridine rings is 1. The van der Waals surface area contributed by atoms with Crippen LogP contribution in [0.4, 0.5) is 4.79 Å². The standard InChI is InChI=1S/C15H22N6O2/c1-10(2)23-13-6-5-12(7-16-13)8-17-15(22)19-11(3)14-20-18-9-21(14)4/h5-7,9-11H,8H2,1-4H3,(H2,17,19,22)/t11-/m0/s1. The van der Waals surface area contributed by atoms with Crippen molar-refractivity contribution in [2.24, 2.45) is 7.05 Å². The second-order valence-electron chi connectivity index (χ2n) is 5.52. The number of aromatic nitrogens is 4. The van der Waals surface area contributed by atoms with Crippen molar-refractivity contribution in [1.82, 2.24) is 30.4 Å². The van der Waals surface area contributed by atoms with Gasteiger partial charge in [-0.3, -0.25) is 0 Å². The highest BCUT2D eigenvalue weighted by molar-refractivity contribution is 5.74. The topological polar surface area (TPSA) is 94.0 Å². The second-order valence-corrected chi connectivity index (χ2v) is 5.52. The molecule has 124 valence electrons. The molecule has 0 unspecified atom stereocenters. The van der Waals surface area contributed by atoms with Gasteiger partial charge >= 0.3 is 6.03 Å². The van der Waals surface area contributed by atoms with E-state index in [0.29, 0.717) is 18.2 Å². The average molecular weight is 318 g/mol. The third-order valence-corrected chi connectivity index (χ3v) is 3.09. The first-order valence-corrected chi connectivity index (χ1v) is 7.45. The summed E-state index contributed by atoms with van der Waals surface area (Å²) in [5.41, 5.74) is 0.891. The Labute approximate surface area is 135 Å². The first-order valence-electron chi connectivity index (χ1n) is 7.45. The minimum absolute atomic E-state index is 0.0827. The Morgan fingerprint density at radius 1 is 1.35 bits per heavy atom. The summed E-state index contributed by atoms with van der Waals surface area (Å²) in [6.07, 6.45) is 3.36. The van der Waals surface area contributed by atoms with Crippen LogP contribution in [0, 0.1) is 0 Å². The van der Waals surface area contributed by atoms with Crippen molar-refractivity contribution in [2.45, 2.75) is 39.5 Å². The van der Waals surface area contributed by atoms with E-state index >= 15 is 0 Å². The van der Waals surface area contributed by atoms with Gasteiger partial charge in [-0.15, -0.1) is 10.2 Å². The van der Waals surface area contributed by atoms with Crippen LogP contribution in [0.3, 0.4) is 0 Å². The van der Waals surface area contributed by atoms with Crippen molar-refractivity contribution in [3.8, 4) is 5.88 Å². The van der Waals surface area contributed by atoms with Crippen molar-refractivity contribution >= 4 is 6.03 Å². The first kappa shape index (κ1) is 16.7. The predicted octanol–water partition coefficient (Wildman–Crippen LogP) is 1.56. The van der Waals surface area contributed by atoms with E-state index in [1.54, 1.807) is 23.2 Å². The summed E-state index contributed by atoms with van der Waals surface area (Å²) < 4.78 is 7.24. The second kappa shape index (κ2) is 7.57. The highest BCUT2D eigenvalue weighted by atomic mass is 16.5. The van der Waals surface area contributed by atoms with Crippen LogP contribution in [0.2, 0.25) is 0 Å². The van der Waals surface area contributed by atoms with Crippen LogP contribution in [0.25, 0.3) is 0 Å². The molecule has 23 heavy (non-hydrogen) atoms. The van der Waals surface area contributed by atoms with E-state index in [4.69, 9.17) is 4.74 Å². The SMILES string of the molecule is CC(C)Oc1ccc(CNC(=O)N[C@@H](C)c2nncn2C)cn1. The van der Waals surface area contributed by atoms with E-state index in [-0.39, 0.29) is 18.2 Å². The van der Waals surface area contributed by atoms with E-state index in [1.807, 2.05) is 33.9 Å². The molecule has 0 saturated carbocycles. The van der Waals surface area contributed by atoms with Crippen LogP contribution in [0.5, 0.6) is 5.88 Å². The molecule has 0 saturated heterocycles. The van der Waals surface area contributed by atoms with Gasteiger partial charge in [-0.25, -0.2) is 9.78 Å². The predicted molar refractivity (Wildman–Crippen MR) is 84.8 cm³/mol. The fourth-order valence-electron chi connectivity index (χ4n) is 2.01. The van der Waals surface area contributed by atoms with Crippen LogP contribution in [0.15, 0.2) is 24.7 Å². The average Bonchev–Trinajstić information content (AvgIpc) is 2.92. The Balaban J connectivity index is 1.81. The molecule has 2 amide bonds. The molecule has 0 aromatic carbocycles. The summed E-state index contributed by atoms with van der Waals surface area (Å²) in [5.74, 6) is 1.26. The van der Waals surface area contributed by atoms with Crippen molar-refractivity contribution in [3.63, 3.8) is 0 Å². The maximum Gasteiger partial charge on any atom is 0.315 e. The molecule has 2 N–H and O–H groups in total. The van der Waals surface area contributed by atoms with Crippen LogP contribution in [-0.4, -0.2) is 31.9 Å². The fourth-order valence-corrected chi connectivity index (χ4v) is 2.01. The summed E-state index contributed by atoms with van der Waals surface area (Å²) >= 11 is 0. The minimum Gasteiger partial charge on any atom is -0.475 e.